The summed E-state index contributed by atoms with van der Waals surface area (Å²) in [4.78, 5) is 57.9. The molecule has 208 valence electrons. The molecular formula is C30H28Br2N2O6. The molecule has 1 N–H and O–H groups in total. The van der Waals surface area contributed by atoms with Crippen LogP contribution in [-0.4, -0.2) is 47.3 Å². The number of hydrogen-bond donors (Lipinski definition) is 1. The van der Waals surface area contributed by atoms with Crippen molar-refractivity contribution in [2.24, 2.45) is 29.1 Å². The van der Waals surface area contributed by atoms with E-state index in [1.54, 1.807) is 37.3 Å². The van der Waals surface area contributed by atoms with Gasteiger partial charge in [-0.05, 0) is 88.2 Å². The lowest BCUT2D eigenvalue weighted by Gasteiger charge is -2.49. The van der Waals surface area contributed by atoms with E-state index in [4.69, 9.17) is 4.74 Å². The second kappa shape index (κ2) is 9.55. The molecule has 8 nitrogen and oxygen atoms in total. The van der Waals surface area contributed by atoms with Crippen LogP contribution in [0.5, 0.6) is 11.5 Å². The Morgan fingerprint density at radius 3 is 2.38 bits per heavy atom. The number of phenols is 1. The highest BCUT2D eigenvalue weighted by Crippen LogP contribution is 2.65. The highest BCUT2D eigenvalue weighted by Gasteiger charge is 2.67. The number of allylic oxidation sites excluding steroid dienone is 2. The summed E-state index contributed by atoms with van der Waals surface area (Å²) in [5.74, 6) is -3.72. The summed E-state index contributed by atoms with van der Waals surface area (Å²) < 4.78 is 6.36. The second-order valence-electron chi connectivity index (χ2n) is 11.1. The highest BCUT2D eigenvalue weighted by atomic mass is 79.9. The number of ether oxygens (including phenoxy) is 1. The first-order valence-electron chi connectivity index (χ1n) is 13.3. The van der Waals surface area contributed by atoms with E-state index < -0.39 is 35.0 Å². The van der Waals surface area contributed by atoms with Crippen molar-refractivity contribution in [1.29, 1.82) is 0 Å². The van der Waals surface area contributed by atoms with Crippen LogP contribution < -0.4 is 9.64 Å². The normalized spacial score (nSPS) is 31.2. The maximum absolute atomic E-state index is 14.4. The Morgan fingerprint density at radius 1 is 1.02 bits per heavy atom. The Morgan fingerprint density at radius 2 is 1.73 bits per heavy atom. The number of amides is 4. The molecule has 1 saturated carbocycles. The topological polar surface area (TPSA) is 104 Å². The summed E-state index contributed by atoms with van der Waals surface area (Å²) in [7, 11) is 1.45. The molecule has 0 aromatic heterocycles. The molecule has 6 unspecified atom stereocenters. The van der Waals surface area contributed by atoms with Crippen molar-refractivity contribution in [2.75, 3.05) is 18.6 Å². The largest absolute Gasteiger partial charge is 0.503 e. The molecule has 0 spiro atoms. The minimum atomic E-state index is -1.19. The van der Waals surface area contributed by atoms with Crippen LogP contribution in [0, 0.1) is 29.1 Å². The molecule has 10 heteroatoms. The van der Waals surface area contributed by atoms with Crippen molar-refractivity contribution in [3.63, 3.8) is 0 Å². The summed E-state index contributed by atoms with van der Waals surface area (Å²) in [5.41, 5.74) is 0.830. The fraction of sp³-hybridized carbons (Fsp3) is 0.400. The number of likely N-dealkylation sites (tertiary alicyclic amines) is 1. The molecule has 4 aliphatic rings. The Balaban J connectivity index is 1.59. The number of rotatable bonds is 4. The lowest BCUT2D eigenvalue weighted by molar-refractivity contribution is -0.140. The van der Waals surface area contributed by atoms with E-state index in [1.807, 2.05) is 19.1 Å². The molecule has 40 heavy (non-hydrogen) atoms. The number of anilines is 1. The standard InChI is InChI=1S/C30H28Br2N2O6/c1-4-33-26(36)16-11-10-15-17(21(16)28(33)38)12-19-27(37)34(14-8-6-5-7-9-14)29(39)30(19,2)22(15)18-13-20(40-3)25(35)24(32)23(18)31/h5-10,13,16-17,19,21-22,35H,4,11-12H2,1-3H3. The third-order valence-electron chi connectivity index (χ3n) is 9.40. The van der Waals surface area contributed by atoms with Gasteiger partial charge in [0.1, 0.15) is 0 Å². The number of fused-ring (bicyclic) bond motifs is 4. The number of benzene rings is 2. The Bertz CT molecular complexity index is 1510. The maximum Gasteiger partial charge on any atom is 0.241 e. The van der Waals surface area contributed by atoms with E-state index in [1.165, 1.54) is 16.9 Å². The highest BCUT2D eigenvalue weighted by molar-refractivity contribution is 9.13. The predicted molar refractivity (Wildman–Crippen MR) is 154 cm³/mol. The van der Waals surface area contributed by atoms with Crippen molar-refractivity contribution < 1.29 is 29.0 Å². The minimum Gasteiger partial charge on any atom is -0.503 e. The molecular weight excluding hydrogens is 644 g/mol. The average Bonchev–Trinajstić information content (AvgIpc) is 3.32. The summed E-state index contributed by atoms with van der Waals surface area (Å²) in [5, 5.41) is 10.7. The zero-order valence-electron chi connectivity index (χ0n) is 22.2. The van der Waals surface area contributed by atoms with E-state index in [2.05, 4.69) is 31.9 Å². The zero-order chi connectivity index (χ0) is 28.7. The van der Waals surface area contributed by atoms with Gasteiger partial charge in [-0.15, -0.1) is 0 Å². The molecule has 0 radical (unpaired) electrons. The summed E-state index contributed by atoms with van der Waals surface area (Å²) in [6, 6.07) is 10.6. The van der Waals surface area contributed by atoms with E-state index >= 15 is 0 Å². The molecule has 6 rings (SSSR count). The van der Waals surface area contributed by atoms with Gasteiger partial charge in [0.2, 0.25) is 23.6 Å². The number of halogens is 2. The molecule has 3 fully saturated rings. The molecule has 6 atom stereocenters. The fourth-order valence-corrected chi connectivity index (χ4v) is 8.49. The zero-order valence-corrected chi connectivity index (χ0v) is 25.4. The summed E-state index contributed by atoms with van der Waals surface area (Å²) in [6.07, 6.45) is 2.68. The van der Waals surface area contributed by atoms with Crippen LogP contribution in [-0.2, 0) is 19.2 Å². The van der Waals surface area contributed by atoms with Crippen LogP contribution in [0.3, 0.4) is 0 Å². The van der Waals surface area contributed by atoms with Crippen LogP contribution in [0.25, 0.3) is 0 Å². The lowest BCUT2D eigenvalue weighted by Crippen LogP contribution is -2.49. The molecule has 4 amide bonds. The SMILES string of the molecule is CCN1C(=O)C2CC=C3C(CC4C(=O)N(c5ccccc5)C(=O)C4(C)C3c3cc(OC)c(O)c(Br)c3Br)C2C1=O. The number of phenolic OH excluding ortho intramolecular Hbond substituents is 1. The van der Waals surface area contributed by atoms with Crippen molar-refractivity contribution in [3.8, 4) is 11.5 Å². The second-order valence-corrected chi connectivity index (χ2v) is 12.6. The van der Waals surface area contributed by atoms with E-state index in [0.717, 1.165) is 5.57 Å². The van der Waals surface area contributed by atoms with Gasteiger partial charge in [-0.3, -0.25) is 24.1 Å². The van der Waals surface area contributed by atoms with Crippen LogP contribution in [0.2, 0.25) is 0 Å². The smallest absolute Gasteiger partial charge is 0.241 e. The third-order valence-corrected chi connectivity index (χ3v) is 11.6. The number of methoxy groups -OCH3 is 1. The predicted octanol–water partition coefficient (Wildman–Crippen LogP) is 5.18. The number of para-hydroxylation sites is 1. The van der Waals surface area contributed by atoms with Gasteiger partial charge in [-0.25, -0.2) is 4.90 Å². The van der Waals surface area contributed by atoms with Gasteiger partial charge in [0.25, 0.3) is 0 Å². The van der Waals surface area contributed by atoms with Gasteiger partial charge < -0.3 is 9.84 Å². The quantitative estimate of drug-likeness (QED) is 0.355. The number of hydrogen-bond acceptors (Lipinski definition) is 6. The number of carbonyl (C=O) groups excluding carboxylic acids is 4. The third kappa shape index (κ3) is 3.47. The van der Waals surface area contributed by atoms with Crippen molar-refractivity contribution in [3.05, 3.63) is 62.6 Å². The van der Waals surface area contributed by atoms with Gasteiger partial charge in [-0.2, -0.15) is 0 Å². The van der Waals surface area contributed by atoms with E-state index in [-0.39, 0.29) is 35.1 Å². The van der Waals surface area contributed by atoms with Gasteiger partial charge >= 0.3 is 0 Å². The molecule has 2 aromatic rings. The van der Waals surface area contributed by atoms with Crippen LogP contribution >= 0.6 is 31.9 Å². The maximum atomic E-state index is 14.4. The van der Waals surface area contributed by atoms with Gasteiger partial charge in [0.15, 0.2) is 11.5 Å². The van der Waals surface area contributed by atoms with Crippen LogP contribution in [0.15, 0.2) is 57.0 Å². The first-order chi connectivity index (χ1) is 19.1. The molecule has 2 heterocycles. The van der Waals surface area contributed by atoms with Gasteiger partial charge in [-0.1, -0.05) is 29.8 Å². The number of nitrogens with zero attached hydrogens (tertiary/aromatic N) is 2. The molecule has 2 aliphatic heterocycles. The average molecular weight is 672 g/mol. The van der Waals surface area contributed by atoms with Crippen LogP contribution in [0.1, 0.15) is 38.2 Å². The fourth-order valence-electron chi connectivity index (χ4n) is 7.54. The molecule has 2 aliphatic carbocycles. The number of carbonyl (C=O) groups is 4. The van der Waals surface area contributed by atoms with Crippen molar-refractivity contribution in [1.82, 2.24) is 4.90 Å². The van der Waals surface area contributed by atoms with Gasteiger partial charge in [0.05, 0.1) is 40.4 Å². The minimum absolute atomic E-state index is 0.0974. The van der Waals surface area contributed by atoms with Crippen molar-refractivity contribution >= 4 is 61.2 Å². The summed E-state index contributed by atoms with van der Waals surface area (Å²) >= 11 is 7.09. The van der Waals surface area contributed by atoms with Gasteiger partial charge in [0, 0.05) is 16.9 Å². The number of aromatic hydroxyl groups is 1. The first kappa shape index (κ1) is 27.2. The lowest BCUT2D eigenvalue weighted by atomic mass is 9.51. The Hall–Kier alpha value is -2.98. The molecule has 2 aromatic carbocycles. The van der Waals surface area contributed by atoms with E-state index in [9.17, 15) is 24.3 Å². The Kier molecular flexibility index (Phi) is 6.49. The monoisotopic (exact) mass is 670 g/mol. The Labute approximate surface area is 248 Å². The molecule has 2 saturated heterocycles. The summed E-state index contributed by atoms with van der Waals surface area (Å²) in [6.45, 7) is 3.91. The molecule has 0 bridgehead atoms. The first-order valence-corrected chi connectivity index (χ1v) is 14.9. The van der Waals surface area contributed by atoms with E-state index in [0.29, 0.717) is 39.6 Å². The van der Waals surface area contributed by atoms with Crippen molar-refractivity contribution in [2.45, 2.75) is 32.6 Å². The number of imide groups is 2. The van der Waals surface area contributed by atoms with Crippen LogP contribution in [0.4, 0.5) is 5.69 Å².